The third-order valence-electron chi connectivity index (χ3n) is 1.31. The molecule has 13 nitrogen and oxygen atoms in total. The van der Waals surface area contributed by atoms with E-state index in [0.717, 1.165) is 0 Å². The average molecular weight is 309 g/mol. The third-order valence-corrected chi connectivity index (χ3v) is 1.31. The Bertz CT molecular complexity index is 661. The Labute approximate surface area is 110 Å². The minimum Gasteiger partial charge on any atom is -0.369 e. The number of amides is 2. The number of nitrogens with zero attached hydrogens (tertiary/aromatic N) is 2. The number of carbonyl (C=O) groups is 1. The number of carbonyl (C=O) groups excluding carboxylic acids is 1. The number of aromatic amines is 2. The van der Waals surface area contributed by atoms with Gasteiger partial charge in [-0.25, -0.2) is 14.3 Å². The summed E-state index contributed by atoms with van der Waals surface area (Å²) in [7, 11) is -4.64. The predicted octanol–water partition coefficient (Wildman–Crippen LogP) is -2.68. The second kappa shape index (κ2) is 7.20. The van der Waals surface area contributed by atoms with E-state index < -0.39 is 13.9 Å². The Balaban J connectivity index is 0.000000340. The Morgan fingerprint density at radius 2 is 1.75 bits per heavy atom. The number of phosphoric acid groups is 1. The molecule has 11 N–H and O–H groups in total. The second-order valence-electron chi connectivity index (χ2n) is 2.97. The Morgan fingerprint density at radius 3 is 2.20 bits per heavy atom. The molecule has 0 atom stereocenters. The Kier molecular flexibility index (Phi) is 6.31. The third kappa shape index (κ3) is 8.60. The quantitative estimate of drug-likeness (QED) is 0.236. The highest BCUT2D eigenvalue weighted by Gasteiger charge is 2.01. The van der Waals surface area contributed by atoms with Gasteiger partial charge < -0.3 is 36.9 Å². The highest BCUT2D eigenvalue weighted by Crippen LogP contribution is 2.25. The van der Waals surface area contributed by atoms with Crippen LogP contribution >= 0.6 is 7.82 Å². The molecular formula is C6H12N7O6P. The van der Waals surface area contributed by atoms with E-state index in [1.165, 1.54) is 6.33 Å². The van der Waals surface area contributed by atoms with Crippen LogP contribution in [0.5, 0.6) is 0 Å². The summed E-state index contributed by atoms with van der Waals surface area (Å²) < 4.78 is 8.88. The smallest absolute Gasteiger partial charge is 0.369 e. The van der Waals surface area contributed by atoms with Gasteiger partial charge in [-0.1, -0.05) is 0 Å². The van der Waals surface area contributed by atoms with Crippen LogP contribution in [0.4, 0.5) is 10.7 Å². The highest BCUT2D eigenvalue weighted by atomic mass is 31.2. The molecule has 0 aromatic carbocycles. The van der Waals surface area contributed by atoms with Gasteiger partial charge in [-0.05, 0) is 0 Å². The van der Waals surface area contributed by atoms with E-state index in [2.05, 4.69) is 31.4 Å². The van der Waals surface area contributed by atoms with Crippen LogP contribution < -0.4 is 22.8 Å². The van der Waals surface area contributed by atoms with E-state index >= 15 is 0 Å². The van der Waals surface area contributed by atoms with Crippen LogP contribution in [0.15, 0.2) is 11.1 Å². The number of fused-ring (bicyclic) bond motifs is 1. The van der Waals surface area contributed by atoms with Crippen molar-refractivity contribution in [3.8, 4) is 0 Å². The molecule has 0 bridgehead atoms. The molecule has 0 saturated heterocycles. The normalized spacial score (nSPS) is 9.95. The summed E-state index contributed by atoms with van der Waals surface area (Å²) in [5.41, 5.74) is 14.1. The topological polar surface area (TPSA) is 247 Å². The zero-order chi connectivity index (χ0) is 15.9. The first-order chi connectivity index (χ1) is 9.00. The number of nitrogens with two attached hydrogens (primary N) is 3. The zero-order valence-electron chi connectivity index (χ0n) is 9.72. The van der Waals surface area contributed by atoms with Crippen LogP contribution in [0, 0.1) is 0 Å². The van der Waals surface area contributed by atoms with Crippen molar-refractivity contribution < 1.29 is 24.0 Å². The van der Waals surface area contributed by atoms with Gasteiger partial charge >= 0.3 is 13.9 Å². The van der Waals surface area contributed by atoms with Crippen molar-refractivity contribution in [3.05, 3.63) is 16.7 Å². The van der Waals surface area contributed by atoms with E-state index in [1.54, 1.807) is 0 Å². The van der Waals surface area contributed by atoms with Gasteiger partial charge in [-0.3, -0.25) is 9.78 Å². The molecule has 20 heavy (non-hydrogen) atoms. The van der Waals surface area contributed by atoms with Crippen LogP contribution in [-0.2, 0) is 4.57 Å². The molecule has 14 heteroatoms. The van der Waals surface area contributed by atoms with E-state index in [0.29, 0.717) is 11.2 Å². The van der Waals surface area contributed by atoms with E-state index in [9.17, 15) is 4.79 Å². The van der Waals surface area contributed by atoms with Crippen LogP contribution in [0.2, 0.25) is 0 Å². The standard InChI is InChI=1S/C5H5N5O.CH4N2O.H3O4P/c6-5-9-3-2(4(11)10-5)7-1-8-3;2-1(3)4;1-5(2,3)4/h1H,(H4,6,7,8,9,10,11);(H4,2,3,4);(H3,1,2,3,4). The Morgan fingerprint density at radius 1 is 1.30 bits per heavy atom. The van der Waals surface area contributed by atoms with Gasteiger partial charge in [-0.15, -0.1) is 0 Å². The molecule has 0 unspecified atom stereocenters. The molecule has 0 spiro atoms. The fourth-order valence-corrected chi connectivity index (χ4v) is 0.860. The molecule has 2 amide bonds. The molecule has 2 aromatic rings. The molecule has 0 aliphatic rings. The number of hydrogen-bond donors (Lipinski definition) is 8. The van der Waals surface area contributed by atoms with Gasteiger partial charge in [0.2, 0.25) is 5.95 Å². The number of rotatable bonds is 0. The fraction of sp³-hybridized carbons (Fsp3) is 0. The molecule has 0 saturated carbocycles. The van der Waals surface area contributed by atoms with Gasteiger partial charge in [0.1, 0.15) is 0 Å². The van der Waals surface area contributed by atoms with Crippen molar-refractivity contribution in [2.75, 3.05) is 5.73 Å². The predicted molar refractivity (Wildman–Crippen MR) is 67.0 cm³/mol. The summed E-state index contributed by atoms with van der Waals surface area (Å²) >= 11 is 0. The maximum absolute atomic E-state index is 11.0. The minimum atomic E-state index is -4.64. The number of nitrogen functional groups attached to an aromatic ring is 1. The van der Waals surface area contributed by atoms with Crippen molar-refractivity contribution in [3.63, 3.8) is 0 Å². The van der Waals surface area contributed by atoms with Crippen molar-refractivity contribution in [1.82, 2.24) is 19.9 Å². The van der Waals surface area contributed by atoms with Gasteiger partial charge in [0, 0.05) is 0 Å². The second-order valence-corrected chi connectivity index (χ2v) is 3.99. The molecular weight excluding hydrogens is 297 g/mol. The minimum absolute atomic E-state index is 0.0783. The lowest BCUT2D eigenvalue weighted by Gasteiger charge is -1.89. The van der Waals surface area contributed by atoms with Gasteiger partial charge in [0.05, 0.1) is 6.33 Å². The van der Waals surface area contributed by atoms with Crippen LogP contribution in [0.3, 0.4) is 0 Å². The van der Waals surface area contributed by atoms with Crippen LogP contribution in [-0.4, -0.2) is 40.6 Å². The van der Waals surface area contributed by atoms with Crippen LogP contribution in [0.25, 0.3) is 11.2 Å². The molecule has 0 aliphatic carbocycles. The van der Waals surface area contributed by atoms with E-state index in [-0.39, 0.29) is 11.5 Å². The molecule has 2 rings (SSSR count). The number of anilines is 1. The largest absolute Gasteiger partial charge is 0.466 e. The molecule has 2 aromatic heterocycles. The molecule has 0 aliphatic heterocycles. The Hall–Kier alpha value is -2.47. The number of nitrogens with one attached hydrogen (secondary N) is 2. The van der Waals surface area contributed by atoms with Gasteiger partial charge in [0.25, 0.3) is 5.56 Å². The highest BCUT2D eigenvalue weighted by molar-refractivity contribution is 7.45. The number of imidazole rings is 1. The first-order valence-corrected chi connectivity index (χ1v) is 6.09. The van der Waals surface area contributed by atoms with Crippen LogP contribution in [0.1, 0.15) is 0 Å². The maximum Gasteiger partial charge on any atom is 0.466 e. The van der Waals surface area contributed by atoms with Gasteiger partial charge in [-0.2, -0.15) is 4.98 Å². The number of urea groups is 1. The lowest BCUT2D eigenvalue weighted by Crippen LogP contribution is -2.18. The first kappa shape index (κ1) is 17.5. The van der Waals surface area contributed by atoms with E-state index in [1.807, 2.05) is 0 Å². The maximum atomic E-state index is 11.0. The summed E-state index contributed by atoms with van der Waals surface area (Å²) in [6.45, 7) is 0. The first-order valence-electron chi connectivity index (χ1n) is 4.52. The summed E-state index contributed by atoms with van der Waals surface area (Å²) in [5.74, 6) is 0.0783. The lowest BCUT2D eigenvalue weighted by molar-refractivity contribution is 0.256. The summed E-state index contributed by atoms with van der Waals surface area (Å²) in [5, 5.41) is 0. The van der Waals surface area contributed by atoms with Gasteiger partial charge in [0.15, 0.2) is 11.2 Å². The number of aromatic nitrogens is 4. The molecule has 112 valence electrons. The number of hydrogen-bond acceptors (Lipinski definition) is 6. The lowest BCUT2D eigenvalue weighted by atomic mass is 10.5. The summed E-state index contributed by atoms with van der Waals surface area (Å²) in [6, 6.07) is -0.833. The monoisotopic (exact) mass is 309 g/mol. The fourth-order valence-electron chi connectivity index (χ4n) is 0.860. The summed E-state index contributed by atoms with van der Waals surface area (Å²) in [6.07, 6.45) is 1.40. The van der Waals surface area contributed by atoms with Crippen molar-refractivity contribution in [2.45, 2.75) is 0 Å². The van der Waals surface area contributed by atoms with Crippen molar-refractivity contribution >= 4 is 31.0 Å². The molecule has 0 radical (unpaired) electrons. The van der Waals surface area contributed by atoms with Crippen molar-refractivity contribution in [1.29, 1.82) is 0 Å². The number of H-pyrrole nitrogens is 2. The molecule has 0 fully saturated rings. The number of primary amides is 2. The summed E-state index contributed by atoms with van der Waals surface area (Å²) in [4.78, 5) is 54.1. The average Bonchev–Trinajstić information content (AvgIpc) is 2.61. The zero-order valence-corrected chi connectivity index (χ0v) is 10.6. The molecule has 2 heterocycles. The van der Waals surface area contributed by atoms with E-state index in [4.69, 9.17) is 29.8 Å². The van der Waals surface area contributed by atoms with Crippen molar-refractivity contribution in [2.24, 2.45) is 11.5 Å². The SMILES string of the molecule is NC(N)=O.Nc1nc2nc[nH]c2c(=O)[nH]1.O=P(O)(O)O.